The number of likely N-dealkylation sites (tertiary alicyclic amines) is 1. The first-order valence-electron chi connectivity index (χ1n) is 8.99. The normalized spacial score (nSPS) is 24.1. The van der Waals surface area contributed by atoms with E-state index in [0.717, 1.165) is 55.7 Å². The largest absolute Gasteiger partial charge is 0.441 e. The number of carbonyl (C=O) groups is 1. The van der Waals surface area contributed by atoms with Gasteiger partial charge in [-0.2, -0.15) is 5.10 Å². The monoisotopic (exact) mass is 358 g/mol. The molecule has 26 heavy (non-hydrogen) atoms. The number of hydrogen-bond acceptors (Lipinski definition) is 4. The van der Waals surface area contributed by atoms with Crippen molar-refractivity contribution in [1.29, 1.82) is 0 Å². The quantitative estimate of drug-likeness (QED) is 0.916. The SMILES string of the molecule is CN1CC2(CCCN(Cc3cn[nH]c3-c3ccc(F)cc3)CC2)OC1=O. The van der Waals surface area contributed by atoms with Gasteiger partial charge in [0.2, 0.25) is 0 Å². The molecule has 6 nitrogen and oxygen atoms in total. The van der Waals surface area contributed by atoms with E-state index in [4.69, 9.17) is 4.74 Å². The summed E-state index contributed by atoms with van der Waals surface area (Å²) in [5.41, 5.74) is 2.61. The second-order valence-electron chi connectivity index (χ2n) is 7.31. The highest BCUT2D eigenvalue weighted by atomic mass is 19.1. The van der Waals surface area contributed by atoms with Gasteiger partial charge in [0, 0.05) is 37.7 Å². The number of ether oxygens (including phenoxy) is 1. The van der Waals surface area contributed by atoms with E-state index in [1.54, 1.807) is 24.1 Å². The van der Waals surface area contributed by atoms with Crippen LogP contribution in [0, 0.1) is 5.82 Å². The van der Waals surface area contributed by atoms with Gasteiger partial charge in [-0.25, -0.2) is 9.18 Å². The minimum absolute atomic E-state index is 0.216. The highest BCUT2D eigenvalue weighted by molar-refractivity contribution is 5.70. The summed E-state index contributed by atoms with van der Waals surface area (Å²) in [6.45, 7) is 3.27. The van der Waals surface area contributed by atoms with Crippen LogP contribution in [0.2, 0.25) is 0 Å². The molecule has 1 N–H and O–H groups in total. The summed E-state index contributed by atoms with van der Waals surface area (Å²) in [6.07, 6.45) is 4.35. The molecule has 138 valence electrons. The van der Waals surface area contributed by atoms with Crippen molar-refractivity contribution in [3.8, 4) is 11.3 Å². The Morgan fingerprint density at radius 1 is 1.27 bits per heavy atom. The number of aromatic amines is 1. The summed E-state index contributed by atoms with van der Waals surface area (Å²) in [5, 5.41) is 7.21. The van der Waals surface area contributed by atoms with Gasteiger partial charge in [0.05, 0.1) is 18.4 Å². The molecule has 1 atom stereocenters. The first-order chi connectivity index (χ1) is 12.5. The minimum Gasteiger partial charge on any atom is -0.441 e. The third kappa shape index (κ3) is 3.31. The average molecular weight is 358 g/mol. The van der Waals surface area contributed by atoms with Crippen molar-refractivity contribution in [3.05, 3.63) is 41.8 Å². The number of aromatic nitrogens is 2. The van der Waals surface area contributed by atoms with E-state index in [-0.39, 0.29) is 17.5 Å². The third-order valence-electron chi connectivity index (χ3n) is 5.38. The fourth-order valence-electron chi connectivity index (χ4n) is 3.97. The van der Waals surface area contributed by atoms with Crippen LogP contribution in [-0.4, -0.2) is 58.4 Å². The Labute approximate surface area is 151 Å². The molecule has 4 rings (SSSR count). The van der Waals surface area contributed by atoms with Crippen LogP contribution in [0.3, 0.4) is 0 Å². The molecule has 0 radical (unpaired) electrons. The third-order valence-corrected chi connectivity index (χ3v) is 5.38. The molecule has 2 aliphatic heterocycles. The molecule has 1 amide bonds. The van der Waals surface area contributed by atoms with E-state index in [1.165, 1.54) is 12.1 Å². The summed E-state index contributed by atoms with van der Waals surface area (Å²) in [6, 6.07) is 6.44. The first kappa shape index (κ1) is 17.0. The molecule has 0 saturated carbocycles. The van der Waals surface area contributed by atoms with Crippen LogP contribution in [-0.2, 0) is 11.3 Å². The van der Waals surface area contributed by atoms with Crippen molar-refractivity contribution in [1.82, 2.24) is 20.0 Å². The Morgan fingerprint density at radius 3 is 2.81 bits per heavy atom. The highest BCUT2D eigenvalue weighted by Gasteiger charge is 2.44. The second kappa shape index (κ2) is 6.72. The van der Waals surface area contributed by atoms with Crippen molar-refractivity contribution in [2.45, 2.75) is 31.4 Å². The fraction of sp³-hybridized carbons (Fsp3) is 0.474. The number of nitrogens with zero attached hydrogens (tertiary/aromatic N) is 3. The number of nitrogens with one attached hydrogen (secondary N) is 1. The van der Waals surface area contributed by atoms with E-state index in [0.29, 0.717) is 6.54 Å². The Bertz CT molecular complexity index is 791. The van der Waals surface area contributed by atoms with Crippen molar-refractivity contribution >= 4 is 6.09 Å². The molecule has 0 bridgehead atoms. The van der Waals surface area contributed by atoms with E-state index >= 15 is 0 Å². The average Bonchev–Trinajstić information content (AvgIpc) is 3.12. The number of hydrogen-bond donors (Lipinski definition) is 1. The Kier molecular flexibility index (Phi) is 4.40. The lowest BCUT2D eigenvalue weighted by atomic mass is 9.95. The molecule has 1 unspecified atom stereocenters. The molecule has 1 aromatic carbocycles. The Balaban J connectivity index is 1.45. The lowest BCUT2D eigenvalue weighted by molar-refractivity contribution is 0.0443. The van der Waals surface area contributed by atoms with E-state index in [9.17, 15) is 9.18 Å². The van der Waals surface area contributed by atoms with Crippen molar-refractivity contribution in [2.24, 2.45) is 0 Å². The van der Waals surface area contributed by atoms with Gasteiger partial charge >= 0.3 is 6.09 Å². The number of amides is 1. The smallest absolute Gasteiger partial charge is 0.410 e. The predicted octanol–water partition coefficient (Wildman–Crippen LogP) is 3.02. The Morgan fingerprint density at radius 2 is 2.08 bits per heavy atom. The van der Waals surface area contributed by atoms with Crippen molar-refractivity contribution < 1.29 is 13.9 Å². The standard InChI is InChI=1S/C19H23FN4O2/c1-23-13-19(26-18(23)25)7-2-9-24(10-8-19)12-15-11-21-22-17(15)14-3-5-16(20)6-4-14/h3-6,11H,2,7-10,12-13H2,1H3,(H,21,22). The molecule has 2 fully saturated rings. The predicted molar refractivity (Wildman–Crippen MR) is 95.0 cm³/mol. The zero-order valence-electron chi connectivity index (χ0n) is 14.9. The molecule has 1 aromatic heterocycles. The van der Waals surface area contributed by atoms with Crippen molar-refractivity contribution in [2.75, 3.05) is 26.7 Å². The summed E-state index contributed by atoms with van der Waals surface area (Å²) in [5.74, 6) is -0.247. The van der Waals surface area contributed by atoms with Crippen LogP contribution in [0.5, 0.6) is 0 Å². The fourth-order valence-corrected chi connectivity index (χ4v) is 3.97. The molecule has 2 saturated heterocycles. The van der Waals surface area contributed by atoms with Crippen LogP contribution in [0.25, 0.3) is 11.3 Å². The van der Waals surface area contributed by atoms with Gasteiger partial charge in [0.25, 0.3) is 0 Å². The molecule has 2 aromatic rings. The van der Waals surface area contributed by atoms with Gasteiger partial charge in [0.1, 0.15) is 11.4 Å². The van der Waals surface area contributed by atoms with Gasteiger partial charge in [-0.15, -0.1) is 0 Å². The van der Waals surface area contributed by atoms with Crippen molar-refractivity contribution in [3.63, 3.8) is 0 Å². The number of carbonyl (C=O) groups excluding carboxylic acids is 1. The van der Waals surface area contributed by atoms with Gasteiger partial charge < -0.3 is 9.64 Å². The number of halogens is 1. The van der Waals surface area contributed by atoms with Crippen LogP contribution in [0.15, 0.2) is 30.5 Å². The van der Waals surface area contributed by atoms with Gasteiger partial charge in [-0.3, -0.25) is 10.00 Å². The maximum absolute atomic E-state index is 13.2. The highest BCUT2D eigenvalue weighted by Crippen LogP contribution is 2.33. The minimum atomic E-state index is -0.337. The summed E-state index contributed by atoms with van der Waals surface area (Å²) in [7, 11) is 1.79. The maximum Gasteiger partial charge on any atom is 0.410 e. The molecule has 3 heterocycles. The molecular formula is C19H23FN4O2. The topological polar surface area (TPSA) is 61.5 Å². The first-order valence-corrected chi connectivity index (χ1v) is 8.99. The lowest BCUT2D eigenvalue weighted by Crippen LogP contribution is -2.35. The number of H-pyrrole nitrogens is 1. The van der Waals surface area contributed by atoms with E-state index in [1.807, 2.05) is 6.20 Å². The van der Waals surface area contributed by atoms with Gasteiger partial charge in [-0.1, -0.05) is 0 Å². The van der Waals surface area contributed by atoms with E-state index in [2.05, 4.69) is 15.1 Å². The Hall–Kier alpha value is -2.41. The number of likely N-dealkylation sites (N-methyl/N-ethyl adjacent to an activating group) is 1. The zero-order chi connectivity index (χ0) is 18.1. The van der Waals surface area contributed by atoms with Crippen LogP contribution < -0.4 is 0 Å². The zero-order valence-corrected chi connectivity index (χ0v) is 14.9. The van der Waals surface area contributed by atoms with Crippen LogP contribution >= 0.6 is 0 Å². The summed E-state index contributed by atoms with van der Waals surface area (Å²) >= 11 is 0. The van der Waals surface area contributed by atoms with Crippen LogP contribution in [0.1, 0.15) is 24.8 Å². The number of rotatable bonds is 3. The molecule has 1 spiro atoms. The van der Waals surface area contributed by atoms with Crippen LogP contribution in [0.4, 0.5) is 9.18 Å². The maximum atomic E-state index is 13.2. The van der Waals surface area contributed by atoms with Gasteiger partial charge in [-0.05, 0) is 43.7 Å². The summed E-state index contributed by atoms with van der Waals surface area (Å²) in [4.78, 5) is 15.8. The lowest BCUT2D eigenvalue weighted by Gasteiger charge is -2.25. The van der Waals surface area contributed by atoms with Gasteiger partial charge in [0.15, 0.2) is 0 Å². The summed E-state index contributed by atoms with van der Waals surface area (Å²) < 4.78 is 18.8. The molecule has 0 aliphatic carbocycles. The van der Waals surface area contributed by atoms with E-state index < -0.39 is 0 Å². The molecule has 7 heteroatoms. The number of benzene rings is 1. The molecule has 2 aliphatic rings. The molecular weight excluding hydrogens is 335 g/mol. The second-order valence-corrected chi connectivity index (χ2v) is 7.31.